The first-order chi connectivity index (χ1) is 17.5. The Morgan fingerprint density at radius 2 is 1.47 bits per heavy atom. The van der Waals surface area contributed by atoms with Gasteiger partial charge in [0.25, 0.3) is 0 Å². The summed E-state index contributed by atoms with van der Waals surface area (Å²) in [6, 6.07) is 23.8. The van der Waals surface area contributed by atoms with Gasteiger partial charge in [0.15, 0.2) is 0 Å². The lowest BCUT2D eigenvalue weighted by Crippen LogP contribution is -2.09. The number of nitrogens with zero attached hydrogens (tertiary/aromatic N) is 1. The Bertz CT molecular complexity index is 1140. The molecule has 0 aliphatic heterocycles. The normalized spacial score (nSPS) is 11.6. The van der Waals surface area contributed by atoms with Crippen molar-refractivity contribution in [2.24, 2.45) is 5.92 Å². The Labute approximate surface area is 217 Å². The summed E-state index contributed by atoms with van der Waals surface area (Å²) >= 11 is 0. The third-order valence-electron chi connectivity index (χ3n) is 6.97. The number of unbranched alkanes of at least 4 members (excludes halogenated alkanes) is 4. The molecule has 0 radical (unpaired) electrons. The molecule has 3 rings (SSSR count). The van der Waals surface area contributed by atoms with Crippen LogP contribution in [0.15, 0.2) is 66.7 Å². The van der Waals surface area contributed by atoms with Crippen LogP contribution in [-0.4, -0.2) is 5.97 Å². The Balaban J connectivity index is 1.59. The molecule has 0 aromatic heterocycles. The van der Waals surface area contributed by atoms with Crippen LogP contribution in [0.3, 0.4) is 0 Å². The van der Waals surface area contributed by atoms with Crippen LogP contribution in [0.1, 0.15) is 92.8 Å². The smallest absolute Gasteiger partial charge is 0.343 e. The molecule has 3 aromatic rings. The van der Waals surface area contributed by atoms with E-state index in [-0.39, 0.29) is 0 Å². The summed E-state index contributed by atoms with van der Waals surface area (Å²) in [5.41, 5.74) is 5.51. The molecule has 0 amide bonds. The van der Waals surface area contributed by atoms with Gasteiger partial charge in [-0.05, 0) is 78.1 Å². The van der Waals surface area contributed by atoms with Crippen LogP contribution >= 0.6 is 0 Å². The van der Waals surface area contributed by atoms with Crippen LogP contribution in [0, 0.1) is 17.2 Å². The summed E-state index contributed by atoms with van der Waals surface area (Å²) < 4.78 is 5.59. The van der Waals surface area contributed by atoms with Crippen LogP contribution in [0.25, 0.3) is 11.1 Å². The predicted molar refractivity (Wildman–Crippen MR) is 148 cm³/mol. The van der Waals surface area contributed by atoms with Crippen molar-refractivity contribution in [2.45, 2.75) is 78.6 Å². The molecule has 36 heavy (non-hydrogen) atoms. The largest absolute Gasteiger partial charge is 0.422 e. The number of benzene rings is 3. The van der Waals surface area contributed by atoms with Crippen molar-refractivity contribution in [1.29, 1.82) is 5.26 Å². The van der Waals surface area contributed by atoms with E-state index in [0.29, 0.717) is 16.9 Å². The van der Waals surface area contributed by atoms with Gasteiger partial charge in [-0.2, -0.15) is 5.26 Å². The number of esters is 1. The van der Waals surface area contributed by atoms with Crippen molar-refractivity contribution in [3.05, 3.63) is 89.0 Å². The van der Waals surface area contributed by atoms with Crippen LogP contribution < -0.4 is 4.74 Å². The molecule has 0 saturated carbocycles. The first-order valence-corrected chi connectivity index (χ1v) is 13.5. The zero-order chi connectivity index (χ0) is 25.8. The summed E-state index contributed by atoms with van der Waals surface area (Å²) in [5.74, 6) is 0.611. The topological polar surface area (TPSA) is 50.1 Å². The van der Waals surface area contributed by atoms with Crippen molar-refractivity contribution in [3.63, 3.8) is 0 Å². The highest BCUT2D eigenvalue weighted by Crippen LogP contribution is 2.24. The van der Waals surface area contributed by atoms with E-state index >= 15 is 0 Å². The summed E-state index contributed by atoms with van der Waals surface area (Å²) in [5, 5.41) is 9.58. The summed E-state index contributed by atoms with van der Waals surface area (Å²) in [6.07, 6.45) is 10.5. The summed E-state index contributed by atoms with van der Waals surface area (Å²) in [7, 11) is 0. The third-order valence-corrected chi connectivity index (χ3v) is 6.97. The zero-order valence-electron chi connectivity index (χ0n) is 22.1. The number of hydrogen-bond donors (Lipinski definition) is 0. The minimum Gasteiger partial charge on any atom is -0.422 e. The van der Waals surface area contributed by atoms with E-state index in [0.717, 1.165) is 41.9 Å². The second kappa shape index (κ2) is 14.2. The van der Waals surface area contributed by atoms with Gasteiger partial charge in [0.05, 0.1) is 11.1 Å². The van der Waals surface area contributed by atoms with E-state index in [9.17, 15) is 10.1 Å². The van der Waals surface area contributed by atoms with Crippen molar-refractivity contribution >= 4 is 5.97 Å². The zero-order valence-corrected chi connectivity index (χ0v) is 22.1. The minimum absolute atomic E-state index is 0.314. The highest BCUT2D eigenvalue weighted by molar-refractivity contribution is 5.92. The Morgan fingerprint density at radius 3 is 2.11 bits per heavy atom. The maximum Gasteiger partial charge on any atom is 0.343 e. The van der Waals surface area contributed by atoms with E-state index in [1.165, 1.54) is 44.1 Å². The van der Waals surface area contributed by atoms with Crippen LogP contribution in [0.4, 0.5) is 0 Å². The molecule has 0 spiro atoms. The fraction of sp³-hybridized carbons (Fsp3) is 0.394. The van der Waals surface area contributed by atoms with Gasteiger partial charge in [-0.3, -0.25) is 0 Å². The number of hydrogen-bond acceptors (Lipinski definition) is 3. The maximum atomic E-state index is 12.8. The molecule has 0 aliphatic carbocycles. The molecule has 0 fully saturated rings. The molecule has 0 bridgehead atoms. The van der Waals surface area contributed by atoms with Gasteiger partial charge < -0.3 is 4.74 Å². The average molecular weight is 482 g/mol. The number of nitriles is 1. The van der Waals surface area contributed by atoms with Gasteiger partial charge >= 0.3 is 5.97 Å². The fourth-order valence-electron chi connectivity index (χ4n) is 4.28. The van der Waals surface area contributed by atoms with Crippen LogP contribution in [-0.2, 0) is 12.8 Å². The Morgan fingerprint density at radius 1 is 0.833 bits per heavy atom. The fourth-order valence-corrected chi connectivity index (χ4v) is 4.28. The minimum atomic E-state index is -0.453. The number of carbonyl (C=O) groups is 1. The van der Waals surface area contributed by atoms with Crippen molar-refractivity contribution < 1.29 is 9.53 Å². The molecule has 0 heterocycles. The number of aryl methyl sites for hydroxylation is 2. The number of ether oxygens (including phenoxy) is 1. The van der Waals surface area contributed by atoms with Gasteiger partial charge in [0, 0.05) is 0 Å². The molecule has 3 heteroatoms. The van der Waals surface area contributed by atoms with E-state index in [4.69, 9.17) is 4.74 Å². The van der Waals surface area contributed by atoms with Gasteiger partial charge in [0.1, 0.15) is 11.8 Å². The first kappa shape index (κ1) is 27.2. The highest BCUT2D eigenvalue weighted by Gasteiger charge is 2.13. The lowest BCUT2D eigenvalue weighted by Gasteiger charge is -2.10. The van der Waals surface area contributed by atoms with E-state index in [2.05, 4.69) is 51.1 Å². The molecule has 0 aliphatic rings. The molecule has 0 N–H and O–H groups in total. The van der Waals surface area contributed by atoms with E-state index in [1.807, 2.05) is 24.3 Å². The van der Waals surface area contributed by atoms with Crippen LogP contribution in [0.2, 0.25) is 0 Å². The SMILES string of the molecule is CCCCCCCc1ccc(OC(=O)c2ccc(-c3ccc(CCC(C)CC)cc3)cc2)c(C#N)c1. The Kier molecular flexibility index (Phi) is 10.8. The lowest BCUT2D eigenvalue weighted by atomic mass is 9.97. The summed E-state index contributed by atoms with van der Waals surface area (Å²) in [6.45, 7) is 6.75. The van der Waals surface area contributed by atoms with E-state index < -0.39 is 5.97 Å². The molecular formula is C33H39NO2. The molecular weight excluding hydrogens is 442 g/mol. The highest BCUT2D eigenvalue weighted by atomic mass is 16.5. The van der Waals surface area contributed by atoms with Crippen molar-refractivity contribution in [2.75, 3.05) is 0 Å². The predicted octanol–water partition coefficient (Wildman–Crippen LogP) is 8.94. The molecule has 188 valence electrons. The van der Waals surface area contributed by atoms with Gasteiger partial charge in [-0.1, -0.05) is 95.3 Å². The van der Waals surface area contributed by atoms with Gasteiger partial charge in [0.2, 0.25) is 0 Å². The molecule has 0 saturated heterocycles. The molecule has 3 aromatic carbocycles. The van der Waals surface area contributed by atoms with Crippen molar-refractivity contribution in [3.8, 4) is 22.9 Å². The van der Waals surface area contributed by atoms with Crippen LogP contribution in [0.5, 0.6) is 5.75 Å². The average Bonchev–Trinajstić information content (AvgIpc) is 2.92. The molecule has 1 atom stereocenters. The monoisotopic (exact) mass is 481 g/mol. The standard InChI is InChI=1S/C33H39NO2/c1-4-6-7-8-9-10-27-15-22-32(31(23-27)24-34)36-33(35)30-20-18-29(19-21-30)28-16-13-26(14-17-28)12-11-25(3)5-2/h13-23,25H,4-12H2,1-3H3. The second-order valence-corrected chi connectivity index (χ2v) is 9.82. The Hall–Kier alpha value is -3.38. The molecule has 1 unspecified atom stereocenters. The maximum absolute atomic E-state index is 12.8. The van der Waals surface area contributed by atoms with E-state index in [1.54, 1.807) is 18.2 Å². The van der Waals surface area contributed by atoms with Gasteiger partial charge in [-0.25, -0.2) is 4.79 Å². The van der Waals surface area contributed by atoms with Gasteiger partial charge in [-0.15, -0.1) is 0 Å². The molecule has 3 nitrogen and oxygen atoms in total. The second-order valence-electron chi connectivity index (χ2n) is 9.82. The quantitative estimate of drug-likeness (QED) is 0.139. The third kappa shape index (κ3) is 8.09. The number of rotatable bonds is 13. The summed E-state index contributed by atoms with van der Waals surface area (Å²) in [4.78, 5) is 12.8. The number of carbonyl (C=O) groups excluding carboxylic acids is 1. The first-order valence-electron chi connectivity index (χ1n) is 13.5. The lowest BCUT2D eigenvalue weighted by molar-refractivity contribution is 0.0734. The van der Waals surface area contributed by atoms with Crippen molar-refractivity contribution in [1.82, 2.24) is 0 Å².